The van der Waals surface area contributed by atoms with Crippen LogP contribution in [0.4, 0.5) is 0 Å². The molecular formula is C17H18ClN3. The summed E-state index contributed by atoms with van der Waals surface area (Å²) in [6, 6.07) is 12.0. The van der Waals surface area contributed by atoms with E-state index in [9.17, 15) is 0 Å². The highest BCUT2D eigenvalue weighted by molar-refractivity contribution is 6.22. The predicted molar refractivity (Wildman–Crippen MR) is 86.7 cm³/mol. The monoisotopic (exact) mass is 299 g/mol. The Morgan fingerprint density at radius 1 is 1.10 bits per heavy atom. The number of hydrogen-bond donors (Lipinski definition) is 0. The maximum atomic E-state index is 6.71. The molecular weight excluding hydrogens is 282 g/mol. The van der Waals surface area contributed by atoms with E-state index in [1.54, 1.807) is 12.4 Å². The Kier molecular flexibility index (Phi) is 3.46. The molecule has 21 heavy (non-hydrogen) atoms. The highest BCUT2D eigenvalue weighted by Crippen LogP contribution is 2.34. The molecule has 3 rings (SSSR count). The van der Waals surface area contributed by atoms with Crippen LogP contribution in [0.5, 0.6) is 0 Å². The van der Waals surface area contributed by atoms with E-state index in [-0.39, 0.29) is 10.9 Å². The summed E-state index contributed by atoms with van der Waals surface area (Å²) in [7, 11) is 0. The van der Waals surface area contributed by atoms with Crippen molar-refractivity contribution < 1.29 is 0 Å². The maximum Gasteiger partial charge on any atom is 0.133 e. The van der Waals surface area contributed by atoms with E-state index < -0.39 is 0 Å². The molecule has 0 aliphatic heterocycles. The van der Waals surface area contributed by atoms with E-state index >= 15 is 0 Å². The molecule has 108 valence electrons. The zero-order valence-electron chi connectivity index (χ0n) is 12.4. The summed E-state index contributed by atoms with van der Waals surface area (Å²) < 4.78 is 2.20. The number of aromatic nitrogens is 3. The molecule has 0 N–H and O–H groups in total. The lowest BCUT2D eigenvalue weighted by Crippen LogP contribution is -2.24. The molecule has 1 aromatic carbocycles. The average Bonchev–Trinajstić information content (AvgIpc) is 2.86. The summed E-state index contributed by atoms with van der Waals surface area (Å²) in [4.78, 5) is 8.89. The molecule has 2 heterocycles. The van der Waals surface area contributed by atoms with Gasteiger partial charge in [0.2, 0.25) is 0 Å². The molecule has 4 heteroatoms. The van der Waals surface area contributed by atoms with E-state index in [4.69, 9.17) is 16.6 Å². The van der Waals surface area contributed by atoms with Crippen molar-refractivity contribution in [1.82, 2.24) is 14.5 Å². The fraction of sp³-hybridized carbons (Fsp3) is 0.294. The number of alkyl halides is 1. The quantitative estimate of drug-likeness (QED) is 0.652. The second-order valence-electron chi connectivity index (χ2n) is 6.11. The molecule has 3 aromatic rings. The normalized spacial score (nSPS) is 13.5. The van der Waals surface area contributed by atoms with Gasteiger partial charge >= 0.3 is 0 Å². The minimum atomic E-state index is -0.280. The Hall–Kier alpha value is -1.87. The van der Waals surface area contributed by atoms with Crippen LogP contribution in [0.25, 0.3) is 11.0 Å². The Labute approximate surface area is 129 Å². The fourth-order valence-corrected chi connectivity index (χ4v) is 2.89. The summed E-state index contributed by atoms with van der Waals surface area (Å²) in [6.07, 6.45) is 3.58. The highest BCUT2D eigenvalue weighted by atomic mass is 35.5. The van der Waals surface area contributed by atoms with Gasteiger partial charge in [0.25, 0.3) is 0 Å². The standard InChI is InChI=1S/C17H18ClN3/c1-17(2,3)21-14-9-10-19-11-13(14)20-16(21)15(18)12-7-5-4-6-8-12/h4-11,15H,1-3H3. The summed E-state index contributed by atoms with van der Waals surface area (Å²) in [5.41, 5.74) is 2.89. The summed E-state index contributed by atoms with van der Waals surface area (Å²) in [5.74, 6) is 0.860. The topological polar surface area (TPSA) is 30.7 Å². The first-order chi connectivity index (χ1) is 9.98. The third kappa shape index (κ3) is 2.54. The highest BCUT2D eigenvalue weighted by Gasteiger charge is 2.26. The number of pyridine rings is 1. The zero-order valence-corrected chi connectivity index (χ0v) is 13.2. The third-order valence-electron chi connectivity index (χ3n) is 3.47. The van der Waals surface area contributed by atoms with E-state index in [2.05, 4.69) is 30.3 Å². The van der Waals surface area contributed by atoms with Gasteiger partial charge in [0.05, 0.1) is 11.7 Å². The van der Waals surface area contributed by atoms with Crippen molar-refractivity contribution in [3.63, 3.8) is 0 Å². The first-order valence-corrected chi connectivity index (χ1v) is 7.44. The molecule has 0 bridgehead atoms. The number of nitrogens with zero attached hydrogens (tertiary/aromatic N) is 3. The van der Waals surface area contributed by atoms with Gasteiger partial charge in [-0.25, -0.2) is 4.98 Å². The number of rotatable bonds is 2. The lowest BCUT2D eigenvalue weighted by molar-refractivity contribution is 0.395. The average molecular weight is 300 g/mol. The lowest BCUT2D eigenvalue weighted by Gasteiger charge is -2.26. The van der Waals surface area contributed by atoms with Crippen LogP contribution >= 0.6 is 11.6 Å². The van der Waals surface area contributed by atoms with Crippen molar-refractivity contribution in [2.75, 3.05) is 0 Å². The van der Waals surface area contributed by atoms with Gasteiger partial charge in [0, 0.05) is 11.7 Å². The van der Waals surface area contributed by atoms with Gasteiger partial charge in [-0.2, -0.15) is 0 Å². The third-order valence-corrected chi connectivity index (χ3v) is 3.92. The van der Waals surface area contributed by atoms with Gasteiger partial charge in [-0.1, -0.05) is 30.3 Å². The first-order valence-electron chi connectivity index (χ1n) is 7.00. The minimum Gasteiger partial charge on any atom is -0.321 e. The van der Waals surface area contributed by atoms with Gasteiger partial charge in [-0.15, -0.1) is 11.6 Å². The van der Waals surface area contributed by atoms with E-state index in [1.807, 2.05) is 36.4 Å². The lowest BCUT2D eigenvalue weighted by atomic mass is 10.1. The zero-order chi connectivity index (χ0) is 15.0. The van der Waals surface area contributed by atoms with Crippen molar-refractivity contribution in [1.29, 1.82) is 0 Å². The smallest absolute Gasteiger partial charge is 0.133 e. The predicted octanol–water partition coefficient (Wildman–Crippen LogP) is 4.51. The van der Waals surface area contributed by atoms with Crippen molar-refractivity contribution in [2.24, 2.45) is 0 Å². The second-order valence-corrected chi connectivity index (χ2v) is 6.55. The van der Waals surface area contributed by atoms with E-state index in [1.165, 1.54) is 0 Å². The maximum absolute atomic E-state index is 6.71. The Balaban J connectivity index is 2.23. The molecule has 0 saturated carbocycles. The second kappa shape index (κ2) is 5.15. The van der Waals surface area contributed by atoms with Gasteiger partial charge in [-0.05, 0) is 32.4 Å². The molecule has 0 spiro atoms. The van der Waals surface area contributed by atoms with Crippen molar-refractivity contribution in [3.8, 4) is 0 Å². The van der Waals surface area contributed by atoms with E-state index in [0.717, 1.165) is 22.4 Å². The number of hydrogen-bond acceptors (Lipinski definition) is 2. The van der Waals surface area contributed by atoms with Crippen LogP contribution in [0.2, 0.25) is 0 Å². The van der Waals surface area contributed by atoms with Gasteiger partial charge in [0.1, 0.15) is 16.7 Å². The summed E-state index contributed by atoms with van der Waals surface area (Å²) >= 11 is 6.71. The number of fused-ring (bicyclic) bond motifs is 1. The summed E-state index contributed by atoms with van der Waals surface area (Å²) in [6.45, 7) is 6.48. The number of benzene rings is 1. The molecule has 0 aliphatic carbocycles. The number of imidazole rings is 1. The molecule has 0 radical (unpaired) electrons. The molecule has 0 fully saturated rings. The fourth-order valence-electron chi connectivity index (χ4n) is 2.60. The van der Waals surface area contributed by atoms with Crippen molar-refractivity contribution >= 4 is 22.6 Å². The van der Waals surface area contributed by atoms with Crippen LogP contribution in [-0.4, -0.2) is 14.5 Å². The molecule has 0 saturated heterocycles. The van der Waals surface area contributed by atoms with Crippen LogP contribution in [0.1, 0.15) is 37.5 Å². The molecule has 1 atom stereocenters. The van der Waals surface area contributed by atoms with Crippen LogP contribution in [0, 0.1) is 0 Å². The van der Waals surface area contributed by atoms with Crippen LogP contribution < -0.4 is 0 Å². The largest absolute Gasteiger partial charge is 0.321 e. The SMILES string of the molecule is CC(C)(C)n1c(C(Cl)c2ccccc2)nc2cnccc21. The van der Waals surface area contributed by atoms with Gasteiger partial charge < -0.3 is 4.57 Å². The summed E-state index contributed by atoms with van der Waals surface area (Å²) in [5, 5.41) is -0.280. The Bertz CT molecular complexity index is 757. The van der Waals surface area contributed by atoms with Crippen LogP contribution in [-0.2, 0) is 5.54 Å². The Morgan fingerprint density at radius 3 is 2.48 bits per heavy atom. The van der Waals surface area contributed by atoms with Crippen molar-refractivity contribution in [3.05, 3.63) is 60.2 Å². The van der Waals surface area contributed by atoms with Crippen LogP contribution in [0.15, 0.2) is 48.8 Å². The molecule has 0 aliphatic rings. The Morgan fingerprint density at radius 2 is 1.81 bits per heavy atom. The van der Waals surface area contributed by atoms with Crippen LogP contribution in [0.3, 0.4) is 0 Å². The number of halogens is 1. The molecule has 1 unspecified atom stereocenters. The molecule has 0 amide bonds. The van der Waals surface area contributed by atoms with Crippen molar-refractivity contribution in [2.45, 2.75) is 31.7 Å². The first kappa shape index (κ1) is 14.1. The molecule has 2 aromatic heterocycles. The minimum absolute atomic E-state index is 0.104. The van der Waals surface area contributed by atoms with E-state index in [0.29, 0.717) is 0 Å². The molecule has 3 nitrogen and oxygen atoms in total. The van der Waals surface area contributed by atoms with Gasteiger partial charge in [0.15, 0.2) is 0 Å². The van der Waals surface area contributed by atoms with Gasteiger partial charge in [-0.3, -0.25) is 4.98 Å².